The first-order valence-corrected chi connectivity index (χ1v) is 9.83. The molecule has 0 aliphatic carbocycles. The van der Waals surface area contributed by atoms with E-state index in [9.17, 15) is 9.59 Å². The summed E-state index contributed by atoms with van der Waals surface area (Å²) in [6.07, 6.45) is 1.53. The van der Waals surface area contributed by atoms with Crippen LogP contribution in [0.5, 0.6) is 11.5 Å². The van der Waals surface area contributed by atoms with Crippen LogP contribution < -0.4 is 9.47 Å². The fraction of sp³-hybridized carbons (Fsp3) is 0.217. The second kappa shape index (κ2) is 10.5. The van der Waals surface area contributed by atoms with Gasteiger partial charge in [0.2, 0.25) is 0 Å². The van der Waals surface area contributed by atoms with Crippen molar-refractivity contribution in [2.75, 3.05) is 20.8 Å². The molecule has 0 fully saturated rings. The Morgan fingerprint density at radius 2 is 1.84 bits per heavy atom. The van der Waals surface area contributed by atoms with Gasteiger partial charge in [-0.1, -0.05) is 23.7 Å². The Hall–Kier alpha value is -3.45. The van der Waals surface area contributed by atoms with Gasteiger partial charge in [-0.15, -0.1) is 0 Å². The van der Waals surface area contributed by atoms with Crippen LogP contribution in [-0.4, -0.2) is 37.5 Å². The normalized spacial score (nSPS) is 10.4. The Labute approximate surface area is 185 Å². The Morgan fingerprint density at radius 3 is 2.52 bits per heavy atom. The smallest absolute Gasteiger partial charge is 0.338 e. The second-order valence-electron chi connectivity index (χ2n) is 6.69. The number of ether oxygens (including phenoxy) is 3. The second-order valence-corrected chi connectivity index (χ2v) is 7.12. The molecule has 162 valence electrons. The third-order valence-corrected chi connectivity index (χ3v) is 4.68. The SMILES string of the molecule is COc1cc(C(=O)OCC(=O)N(C)Cc2ccco2)ccc1OCc1ccc(Cl)cc1. The number of furan rings is 1. The zero-order valence-electron chi connectivity index (χ0n) is 17.2. The Kier molecular flexibility index (Phi) is 7.56. The summed E-state index contributed by atoms with van der Waals surface area (Å²) >= 11 is 5.89. The predicted molar refractivity (Wildman–Crippen MR) is 114 cm³/mol. The van der Waals surface area contributed by atoms with Crippen molar-refractivity contribution >= 4 is 23.5 Å². The Morgan fingerprint density at radius 1 is 1.06 bits per heavy atom. The zero-order chi connectivity index (χ0) is 22.2. The molecule has 0 aliphatic rings. The molecule has 3 aromatic rings. The third-order valence-electron chi connectivity index (χ3n) is 4.43. The highest BCUT2D eigenvalue weighted by atomic mass is 35.5. The number of carbonyl (C=O) groups excluding carboxylic acids is 2. The highest BCUT2D eigenvalue weighted by Crippen LogP contribution is 2.29. The van der Waals surface area contributed by atoms with Crippen LogP contribution in [0, 0.1) is 0 Å². The average molecular weight is 444 g/mol. The van der Waals surface area contributed by atoms with Crippen molar-refractivity contribution in [1.82, 2.24) is 4.90 Å². The summed E-state index contributed by atoms with van der Waals surface area (Å²) in [7, 11) is 3.08. The average Bonchev–Trinajstić information content (AvgIpc) is 3.29. The van der Waals surface area contributed by atoms with Gasteiger partial charge in [0.25, 0.3) is 5.91 Å². The van der Waals surface area contributed by atoms with E-state index in [1.165, 1.54) is 24.3 Å². The van der Waals surface area contributed by atoms with E-state index in [1.54, 1.807) is 43.4 Å². The lowest BCUT2D eigenvalue weighted by molar-refractivity contribution is -0.133. The molecule has 8 heteroatoms. The summed E-state index contributed by atoms with van der Waals surface area (Å²) in [6.45, 7) is 0.220. The summed E-state index contributed by atoms with van der Waals surface area (Å²) in [4.78, 5) is 26.0. The number of amides is 1. The highest BCUT2D eigenvalue weighted by Gasteiger charge is 2.16. The van der Waals surface area contributed by atoms with Crippen molar-refractivity contribution < 1.29 is 28.2 Å². The van der Waals surface area contributed by atoms with Crippen molar-refractivity contribution in [3.8, 4) is 11.5 Å². The molecule has 31 heavy (non-hydrogen) atoms. The van der Waals surface area contributed by atoms with Crippen molar-refractivity contribution in [3.05, 3.63) is 82.8 Å². The molecule has 7 nitrogen and oxygen atoms in total. The molecule has 0 saturated heterocycles. The van der Waals surface area contributed by atoms with E-state index in [4.69, 9.17) is 30.2 Å². The molecular formula is C23H22ClNO6. The van der Waals surface area contributed by atoms with Crippen LogP contribution in [0.3, 0.4) is 0 Å². The summed E-state index contributed by atoms with van der Waals surface area (Å²) in [5.41, 5.74) is 1.18. The number of halogens is 1. The van der Waals surface area contributed by atoms with Gasteiger partial charge < -0.3 is 23.5 Å². The van der Waals surface area contributed by atoms with E-state index in [2.05, 4.69) is 0 Å². The van der Waals surface area contributed by atoms with E-state index in [1.807, 2.05) is 12.1 Å². The van der Waals surface area contributed by atoms with Crippen LogP contribution in [0.15, 0.2) is 65.3 Å². The van der Waals surface area contributed by atoms with Crippen LogP contribution in [-0.2, 0) is 22.7 Å². The van der Waals surface area contributed by atoms with E-state index in [0.717, 1.165) is 5.56 Å². The highest BCUT2D eigenvalue weighted by molar-refractivity contribution is 6.30. The zero-order valence-corrected chi connectivity index (χ0v) is 17.9. The Balaban J connectivity index is 1.55. The minimum Gasteiger partial charge on any atom is -0.493 e. The molecule has 1 amide bonds. The number of carbonyl (C=O) groups is 2. The molecule has 0 N–H and O–H groups in total. The lowest BCUT2D eigenvalue weighted by Gasteiger charge is -2.16. The van der Waals surface area contributed by atoms with Gasteiger partial charge in [-0.3, -0.25) is 4.79 Å². The first kappa shape index (κ1) is 22.2. The minimum atomic E-state index is -0.637. The Bertz CT molecular complexity index is 1020. The summed E-state index contributed by atoms with van der Waals surface area (Å²) in [5.74, 6) is 0.510. The molecule has 2 aromatic carbocycles. The largest absolute Gasteiger partial charge is 0.493 e. The van der Waals surface area contributed by atoms with Gasteiger partial charge in [-0.2, -0.15) is 0 Å². The molecular weight excluding hydrogens is 422 g/mol. The van der Waals surface area contributed by atoms with Crippen molar-refractivity contribution in [2.24, 2.45) is 0 Å². The number of hydrogen-bond acceptors (Lipinski definition) is 6. The maximum atomic E-state index is 12.4. The molecule has 0 spiro atoms. The summed E-state index contributed by atoms with van der Waals surface area (Å²) < 4.78 is 21.5. The van der Waals surface area contributed by atoms with Gasteiger partial charge in [-0.25, -0.2) is 4.79 Å². The molecule has 0 saturated carbocycles. The molecule has 1 aromatic heterocycles. The van der Waals surface area contributed by atoms with Crippen molar-refractivity contribution in [3.63, 3.8) is 0 Å². The molecule has 0 unspecified atom stereocenters. The fourth-order valence-electron chi connectivity index (χ4n) is 2.70. The van der Waals surface area contributed by atoms with Crippen molar-refractivity contribution in [2.45, 2.75) is 13.2 Å². The molecule has 0 bridgehead atoms. The standard InChI is InChI=1S/C23H22ClNO6/c1-25(13-19-4-3-11-29-19)22(26)15-31-23(27)17-7-10-20(21(12-17)28-2)30-14-16-5-8-18(24)9-6-16/h3-12H,13-15H2,1-2H3. The van der Waals surface area contributed by atoms with Gasteiger partial charge in [0.15, 0.2) is 18.1 Å². The van der Waals surface area contributed by atoms with Gasteiger partial charge in [0, 0.05) is 12.1 Å². The molecule has 3 rings (SSSR count). The number of likely N-dealkylation sites (N-methyl/N-ethyl adjacent to an activating group) is 1. The molecule has 1 heterocycles. The maximum absolute atomic E-state index is 12.4. The molecule has 0 atom stereocenters. The van der Waals surface area contributed by atoms with Crippen LogP contribution in [0.25, 0.3) is 0 Å². The molecule has 0 radical (unpaired) electrons. The van der Waals surface area contributed by atoms with Crippen LogP contribution in [0.1, 0.15) is 21.7 Å². The van der Waals surface area contributed by atoms with Gasteiger partial charge in [0.05, 0.1) is 25.5 Å². The quantitative estimate of drug-likeness (QED) is 0.458. The van der Waals surface area contributed by atoms with Crippen LogP contribution in [0.4, 0.5) is 0 Å². The fourth-order valence-corrected chi connectivity index (χ4v) is 2.83. The minimum absolute atomic E-state index is 0.247. The number of hydrogen-bond donors (Lipinski definition) is 0. The van der Waals surface area contributed by atoms with E-state index in [0.29, 0.717) is 28.9 Å². The van der Waals surface area contributed by atoms with Gasteiger partial charge in [0.1, 0.15) is 12.4 Å². The summed E-state index contributed by atoms with van der Waals surface area (Å²) in [6, 6.07) is 15.5. The predicted octanol–water partition coefficient (Wildman–Crippen LogP) is 4.34. The number of nitrogens with zero attached hydrogens (tertiary/aromatic N) is 1. The lowest BCUT2D eigenvalue weighted by atomic mass is 10.2. The first-order valence-electron chi connectivity index (χ1n) is 9.45. The monoisotopic (exact) mass is 443 g/mol. The van der Waals surface area contributed by atoms with E-state index >= 15 is 0 Å². The van der Waals surface area contributed by atoms with E-state index in [-0.39, 0.29) is 24.6 Å². The number of benzene rings is 2. The van der Waals surface area contributed by atoms with Gasteiger partial charge >= 0.3 is 5.97 Å². The van der Waals surface area contributed by atoms with Gasteiger partial charge in [-0.05, 0) is 48.0 Å². The van der Waals surface area contributed by atoms with Crippen LogP contribution in [0.2, 0.25) is 5.02 Å². The van der Waals surface area contributed by atoms with E-state index < -0.39 is 5.97 Å². The first-order chi connectivity index (χ1) is 15.0. The van der Waals surface area contributed by atoms with Crippen LogP contribution >= 0.6 is 11.6 Å². The lowest BCUT2D eigenvalue weighted by Crippen LogP contribution is -2.30. The maximum Gasteiger partial charge on any atom is 0.338 e. The number of rotatable bonds is 9. The topological polar surface area (TPSA) is 78.2 Å². The third kappa shape index (κ3) is 6.26. The molecule has 0 aliphatic heterocycles. The van der Waals surface area contributed by atoms with Crippen molar-refractivity contribution in [1.29, 1.82) is 0 Å². The number of esters is 1. The summed E-state index contributed by atoms with van der Waals surface area (Å²) in [5, 5.41) is 0.648. The number of methoxy groups -OCH3 is 1.